The minimum Gasteiger partial charge on any atom is -0.462 e. The molecular weight excluding hydrogens is 641 g/mol. The van der Waals surface area contributed by atoms with Crippen LogP contribution in [0.5, 0.6) is 0 Å². The molecule has 1 fully saturated rings. The van der Waals surface area contributed by atoms with E-state index in [-0.39, 0.29) is 27.6 Å². The molecule has 1 aliphatic rings. The van der Waals surface area contributed by atoms with Crippen LogP contribution in [0.1, 0.15) is 131 Å². The Morgan fingerprint density at radius 1 is 0.667 bits per heavy atom. The summed E-state index contributed by atoms with van der Waals surface area (Å²) in [5.74, 6) is 2.07. The van der Waals surface area contributed by atoms with Crippen molar-refractivity contribution in [1.82, 2.24) is 0 Å². The molecule has 0 aliphatic carbocycles. The molecule has 8 heteroatoms. The quantitative estimate of drug-likeness (QED) is 0.0999. The summed E-state index contributed by atoms with van der Waals surface area (Å²) in [5.41, 5.74) is 1.81. The number of Topliss-reactive ketones (excluding diaryl/α,β-unsaturated/α-hetero) is 2. The van der Waals surface area contributed by atoms with E-state index in [1.807, 2.05) is 52.0 Å². The second-order valence-electron chi connectivity index (χ2n) is 14.2. The van der Waals surface area contributed by atoms with Crippen LogP contribution >= 0.6 is 23.5 Å². The standard InChI is InChI=1S/C40H56O6S2/c1-7-45-36(43)32-18-13-16-30(26-32)28-34(41)38(3,4)20-9-11-22-40(47-24-15-25-48-40)23-12-10-21-39(5,6)35(42)29-31-17-14-19-33(27-31)37(44)46-8-2/h13-14,16-19,26-27H,7-12,15,20-25,28-29H2,1-6H3. The molecule has 0 spiro atoms. The van der Waals surface area contributed by atoms with Gasteiger partial charge in [-0.3, -0.25) is 9.59 Å². The van der Waals surface area contributed by atoms with Gasteiger partial charge in [-0.1, -0.05) is 77.6 Å². The second kappa shape index (κ2) is 19.0. The highest BCUT2D eigenvalue weighted by molar-refractivity contribution is 8.18. The molecule has 1 aliphatic heterocycles. The summed E-state index contributed by atoms with van der Waals surface area (Å²) in [4.78, 5) is 50.9. The molecule has 1 heterocycles. The van der Waals surface area contributed by atoms with Crippen LogP contribution in [0.4, 0.5) is 0 Å². The summed E-state index contributed by atoms with van der Waals surface area (Å²) >= 11 is 4.22. The third kappa shape index (κ3) is 12.4. The zero-order chi connectivity index (χ0) is 35.2. The fourth-order valence-electron chi connectivity index (χ4n) is 6.13. The summed E-state index contributed by atoms with van der Waals surface area (Å²) < 4.78 is 10.4. The van der Waals surface area contributed by atoms with Crippen LogP contribution in [0, 0.1) is 10.8 Å². The molecule has 0 atom stereocenters. The topological polar surface area (TPSA) is 86.7 Å². The molecule has 0 radical (unpaired) electrons. The van der Waals surface area contributed by atoms with Crippen LogP contribution in [-0.4, -0.2) is 52.3 Å². The van der Waals surface area contributed by atoms with Gasteiger partial charge in [0.2, 0.25) is 0 Å². The van der Waals surface area contributed by atoms with Gasteiger partial charge in [0.1, 0.15) is 11.6 Å². The van der Waals surface area contributed by atoms with E-state index in [0.717, 1.165) is 62.5 Å². The number of ketones is 2. The van der Waals surface area contributed by atoms with Crippen molar-refractivity contribution in [1.29, 1.82) is 0 Å². The van der Waals surface area contributed by atoms with Gasteiger partial charge >= 0.3 is 11.9 Å². The molecule has 0 amide bonds. The van der Waals surface area contributed by atoms with Crippen molar-refractivity contribution in [3.05, 3.63) is 70.8 Å². The van der Waals surface area contributed by atoms with Crippen LogP contribution in [-0.2, 0) is 31.9 Å². The molecule has 0 aromatic heterocycles. The van der Waals surface area contributed by atoms with Crippen LogP contribution in [0.25, 0.3) is 0 Å². The van der Waals surface area contributed by atoms with Crippen molar-refractivity contribution < 1.29 is 28.7 Å². The fourth-order valence-corrected chi connectivity index (χ4v) is 9.62. The number of hydrogen-bond donors (Lipinski definition) is 0. The largest absolute Gasteiger partial charge is 0.462 e. The highest BCUT2D eigenvalue weighted by Crippen LogP contribution is 2.49. The lowest BCUT2D eigenvalue weighted by Crippen LogP contribution is -2.28. The molecule has 0 bridgehead atoms. The van der Waals surface area contributed by atoms with Crippen molar-refractivity contribution in [3.8, 4) is 0 Å². The Morgan fingerprint density at radius 2 is 1.08 bits per heavy atom. The normalized spacial score (nSPS) is 14.7. The summed E-state index contributed by atoms with van der Waals surface area (Å²) in [7, 11) is 0. The highest BCUT2D eigenvalue weighted by Gasteiger charge is 2.34. The molecule has 264 valence electrons. The van der Waals surface area contributed by atoms with Gasteiger partial charge in [-0.25, -0.2) is 9.59 Å². The molecule has 0 unspecified atom stereocenters. The first-order valence-corrected chi connectivity index (χ1v) is 19.6. The monoisotopic (exact) mass is 696 g/mol. The molecule has 48 heavy (non-hydrogen) atoms. The lowest BCUT2D eigenvalue weighted by molar-refractivity contribution is -0.127. The minimum absolute atomic E-state index is 0.198. The van der Waals surface area contributed by atoms with Crippen LogP contribution in [0.15, 0.2) is 48.5 Å². The average molecular weight is 697 g/mol. The Bertz CT molecular complexity index is 1280. The molecule has 1 saturated heterocycles. The van der Waals surface area contributed by atoms with E-state index in [9.17, 15) is 19.2 Å². The first-order chi connectivity index (χ1) is 22.8. The molecule has 6 nitrogen and oxygen atoms in total. The summed E-state index contributed by atoms with van der Waals surface area (Å²) in [6, 6.07) is 14.4. The van der Waals surface area contributed by atoms with E-state index in [0.29, 0.717) is 37.2 Å². The lowest BCUT2D eigenvalue weighted by Gasteiger charge is -2.37. The van der Waals surface area contributed by atoms with Gasteiger partial charge in [-0.05, 0) is 92.8 Å². The van der Waals surface area contributed by atoms with E-state index in [4.69, 9.17) is 9.47 Å². The van der Waals surface area contributed by atoms with E-state index < -0.39 is 10.8 Å². The molecule has 2 aromatic rings. The number of carbonyl (C=O) groups excluding carboxylic acids is 4. The summed E-state index contributed by atoms with van der Waals surface area (Å²) in [6.45, 7) is 12.4. The smallest absolute Gasteiger partial charge is 0.338 e. The molecule has 3 rings (SSSR count). The van der Waals surface area contributed by atoms with Crippen molar-refractivity contribution in [2.75, 3.05) is 24.7 Å². The number of benzene rings is 2. The predicted octanol–water partition coefficient (Wildman–Crippen LogP) is 9.70. The third-order valence-corrected chi connectivity index (χ3v) is 12.9. The molecule has 2 aromatic carbocycles. The fraction of sp³-hybridized carbons (Fsp3) is 0.600. The third-order valence-electron chi connectivity index (χ3n) is 9.35. The highest BCUT2D eigenvalue weighted by atomic mass is 32.2. The maximum Gasteiger partial charge on any atom is 0.338 e. The summed E-state index contributed by atoms with van der Waals surface area (Å²) in [6.07, 6.45) is 10.0. The van der Waals surface area contributed by atoms with Crippen molar-refractivity contribution in [3.63, 3.8) is 0 Å². The maximum absolute atomic E-state index is 13.3. The van der Waals surface area contributed by atoms with Crippen LogP contribution < -0.4 is 0 Å². The first kappa shape index (κ1) is 39.9. The van der Waals surface area contributed by atoms with Crippen molar-refractivity contribution in [2.24, 2.45) is 10.8 Å². The Morgan fingerprint density at radius 3 is 1.48 bits per heavy atom. The number of unbranched alkanes of at least 4 members (excludes halogenated alkanes) is 2. The Hall–Kier alpha value is -2.58. The molecule has 0 saturated carbocycles. The zero-order valence-electron chi connectivity index (χ0n) is 30.0. The lowest BCUT2D eigenvalue weighted by atomic mass is 9.79. The number of hydrogen-bond acceptors (Lipinski definition) is 8. The molecule has 0 N–H and O–H groups in total. The number of thioether (sulfide) groups is 2. The van der Waals surface area contributed by atoms with E-state index in [1.54, 1.807) is 38.1 Å². The Labute approximate surface area is 297 Å². The SMILES string of the molecule is CCOC(=O)c1cccc(CC(=O)C(C)(C)CCCCC2(CCCCC(C)(C)C(=O)Cc3cccc(C(=O)OCC)c3)SCCCS2)c1. The van der Waals surface area contributed by atoms with Gasteiger partial charge < -0.3 is 9.47 Å². The van der Waals surface area contributed by atoms with E-state index in [2.05, 4.69) is 23.5 Å². The van der Waals surface area contributed by atoms with Gasteiger partial charge in [-0.15, -0.1) is 23.5 Å². The minimum atomic E-state index is -0.432. The summed E-state index contributed by atoms with van der Waals surface area (Å²) in [5, 5.41) is 0. The first-order valence-electron chi connectivity index (χ1n) is 17.7. The van der Waals surface area contributed by atoms with Gasteiger partial charge in [0.25, 0.3) is 0 Å². The van der Waals surface area contributed by atoms with Gasteiger partial charge in [0, 0.05) is 23.7 Å². The number of rotatable bonds is 20. The number of carbonyl (C=O) groups is 4. The van der Waals surface area contributed by atoms with Crippen molar-refractivity contribution >= 4 is 47.0 Å². The van der Waals surface area contributed by atoms with Gasteiger partial charge in [0.05, 0.1) is 28.4 Å². The molecular formula is C40H56O6S2. The van der Waals surface area contributed by atoms with Gasteiger partial charge in [0.15, 0.2) is 0 Å². The van der Waals surface area contributed by atoms with Crippen molar-refractivity contribution in [2.45, 2.75) is 116 Å². The van der Waals surface area contributed by atoms with E-state index >= 15 is 0 Å². The van der Waals surface area contributed by atoms with E-state index in [1.165, 1.54) is 17.9 Å². The number of esters is 2. The predicted molar refractivity (Wildman–Crippen MR) is 199 cm³/mol. The number of ether oxygens (including phenoxy) is 2. The van der Waals surface area contributed by atoms with Crippen LogP contribution in [0.2, 0.25) is 0 Å². The zero-order valence-corrected chi connectivity index (χ0v) is 31.6. The Balaban J connectivity index is 1.46. The Kier molecular flexibility index (Phi) is 15.8. The average Bonchev–Trinajstić information content (AvgIpc) is 3.06. The maximum atomic E-state index is 13.3. The second-order valence-corrected chi connectivity index (χ2v) is 17.4. The van der Waals surface area contributed by atoms with Gasteiger partial charge in [-0.2, -0.15) is 0 Å². The van der Waals surface area contributed by atoms with Crippen LogP contribution in [0.3, 0.4) is 0 Å².